The van der Waals surface area contributed by atoms with E-state index in [4.69, 9.17) is 0 Å². The van der Waals surface area contributed by atoms with Gasteiger partial charge in [-0.05, 0) is 17.5 Å². The predicted octanol–water partition coefficient (Wildman–Crippen LogP) is 1.73. The van der Waals surface area contributed by atoms with Gasteiger partial charge in [0.1, 0.15) is 0 Å². The second-order valence-electron chi connectivity index (χ2n) is 4.73. The molecule has 1 saturated heterocycles. The molecule has 2 atom stereocenters. The molecule has 1 aromatic rings. The molecular formula is C14H13NO3. The quantitative estimate of drug-likeness (QED) is 0.557. The normalized spacial score (nSPS) is 27.5. The van der Waals surface area contributed by atoms with E-state index < -0.39 is 0 Å². The van der Waals surface area contributed by atoms with Crippen LogP contribution in [0, 0.1) is 5.92 Å². The summed E-state index contributed by atoms with van der Waals surface area (Å²) in [5.41, 5.74) is 2.50. The molecule has 3 rings (SSSR count). The molecule has 1 aliphatic heterocycles. The number of carbonyl (C=O) groups is 2. The summed E-state index contributed by atoms with van der Waals surface area (Å²) in [5, 5.41) is 9.24. The van der Waals surface area contributed by atoms with E-state index in [1.807, 2.05) is 24.3 Å². The third kappa shape index (κ3) is 1.26. The summed E-state index contributed by atoms with van der Waals surface area (Å²) >= 11 is 0. The van der Waals surface area contributed by atoms with Crippen molar-refractivity contribution in [1.29, 1.82) is 0 Å². The first kappa shape index (κ1) is 11.0. The average Bonchev–Trinajstić information content (AvgIpc) is 2.82. The maximum Gasteiger partial charge on any atom is 0.260 e. The molecular weight excluding hydrogens is 230 g/mol. The van der Waals surface area contributed by atoms with Crippen molar-refractivity contribution in [3.63, 3.8) is 0 Å². The molecule has 0 spiro atoms. The highest BCUT2D eigenvalue weighted by molar-refractivity contribution is 6.07. The molecule has 92 valence electrons. The summed E-state index contributed by atoms with van der Waals surface area (Å²) in [5.74, 6) is -0.748. The molecule has 2 amide bonds. The molecule has 0 bridgehead atoms. The molecule has 1 aliphatic carbocycles. The number of hydrogen-bond acceptors (Lipinski definition) is 3. The Bertz CT molecular complexity index is 576. The molecule has 2 unspecified atom stereocenters. The molecule has 2 aliphatic rings. The van der Waals surface area contributed by atoms with Crippen LogP contribution in [0.5, 0.6) is 0 Å². The van der Waals surface area contributed by atoms with E-state index in [1.54, 1.807) is 0 Å². The molecule has 1 fully saturated rings. The lowest BCUT2D eigenvalue weighted by atomic mass is 9.97. The minimum atomic E-state index is -0.366. The molecule has 0 saturated carbocycles. The van der Waals surface area contributed by atoms with Gasteiger partial charge in [-0.25, -0.2) is 0 Å². The van der Waals surface area contributed by atoms with Crippen molar-refractivity contribution in [3.05, 3.63) is 47.2 Å². The number of fused-ring (bicyclic) bond motifs is 3. The zero-order valence-electron chi connectivity index (χ0n) is 9.96. The maximum atomic E-state index is 12.1. The van der Waals surface area contributed by atoms with E-state index in [9.17, 15) is 14.7 Å². The number of aliphatic hydroxyl groups is 1. The molecule has 1 heterocycles. The maximum absolute atomic E-state index is 12.1. The number of rotatable bonds is 0. The van der Waals surface area contributed by atoms with E-state index >= 15 is 0 Å². The van der Waals surface area contributed by atoms with Crippen LogP contribution in [0.3, 0.4) is 0 Å². The van der Waals surface area contributed by atoms with Crippen molar-refractivity contribution in [1.82, 2.24) is 4.90 Å². The van der Waals surface area contributed by atoms with Gasteiger partial charge in [0.2, 0.25) is 5.91 Å². The van der Waals surface area contributed by atoms with Gasteiger partial charge in [-0.2, -0.15) is 0 Å². The average molecular weight is 243 g/mol. The third-order valence-corrected chi connectivity index (χ3v) is 3.82. The first-order chi connectivity index (χ1) is 8.65. The van der Waals surface area contributed by atoms with Crippen LogP contribution in [0.25, 0.3) is 0 Å². The van der Waals surface area contributed by atoms with Crippen molar-refractivity contribution >= 4 is 11.8 Å². The first-order valence-electron chi connectivity index (χ1n) is 5.91. The highest BCUT2D eigenvalue weighted by atomic mass is 16.2. The van der Waals surface area contributed by atoms with Crippen LogP contribution in [0.15, 0.2) is 36.1 Å². The van der Waals surface area contributed by atoms with Crippen molar-refractivity contribution < 1.29 is 14.7 Å². The zero-order valence-corrected chi connectivity index (χ0v) is 9.96. The number of benzene rings is 1. The number of amides is 2. The van der Waals surface area contributed by atoms with Gasteiger partial charge < -0.3 is 5.11 Å². The summed E-state index contributed by atoms with van der Waals surface area (Å²) < 4.78 is 0. The zero-order chi connectivity index (χ0) is 12.9. The monoisotopic (exact) mass is 243 g/mol. The van der Waals surface area contributed by atoms with Crippen LogP contribution in [-0.2, 0) is 16.0 Å². The summed E-state index contributed by atoms with van der Waals surface area (Å²) in [6.45, 7) is 1.39. The topological polar surface area (TPSA) is 57.6 Å². The van der Waals surface area contributed by atoms with Gasteiger partial charge in [0.25, 0.3) is 5.91 Å². The SMILES string of the molecule is CC(=O)N1C(=O)C(=CO)C2Cc3ccccc3C21. The number of likely N-dealkylation sites (tertiary alicyclic amines) is 1. The highest BCUT2D eigenvalue weighted by Crippen LogP contribution is 2.49. The molecule has 0 aromatic heterocycles. The van der Waals surface area contributed by atoms with Crippen molar-refractivity contribution in [2.45, 2.75) is 19.4 Å². The molecule has 0 radical (unpaired) electrons. The van der Waals surface area contributed by atoms with Crippen LogP contribution in [0.4, 0.5) is 0 Å². The van der Waals surface area contributed by atoms with Crippen LogP contribution >= 0.6 is 0 Å². The van der Waals surface area contributed by atoms with Gasteiger partial charge in [-0.15, -0.1) is 0 Å². The Labute approximate surface area is 105 Å². The second kappa shape index (κ2) is 3.70. The fourth-order valence-electron chi connectivity index (χ4n) is 3.09. The van der Waals surface area contributed by atoms with Crippen LogP contribution in [-0.4, -0.2) is 21.8 Å². The Morgan fingerprint density at radius 1 is 1.44 bits per heavy atom. The van der Waals surface area contributed by atoms with Crippen molar-refractivity contribution in [2.24, 2.45) is 5.92 Å². The Hall–Kier alpha value is -2.10. The lowest BCUT2D eigenvalue weighted by Gasteiger charge is -2.20. The van der Waals surface area contributed by atoms with Gasteiger partial charge in [-0.1, -0.05) is 24.3 Å². The van der Waals surface area contributed by atoms with Gasteiger partial charge in [0, 0.05) is 12.8 Å². The van der Waals surface area contributed by atoms with Crippen molar-refractivity contribution in [3.8, 4) is 0 Å². The van der Waals surface area contributed by atoms with Gasteiger partial charge in [-0.3, -0.25) is 14.5 Å². The van der Waals surface area contributed by atoms with Crippen molar-refractivity contribution in [2.75, 3.05) is 0 Å². The van der Waals surface area contributed by atoms with Crippen LogP contribution in [0.2, 0.25) is 0 Å². The smallest absolute Gasteiger partial charge is 0.260 e. The lowest BCUT2D eigenvalue weighted by molar-refractivity contribution is -0.141. The first-order valence-corrected chi connectivity index (χ1v) is 5.91. The van der Waals surface area contributed by atoms with E-state index in [2.05, 4.69) is 0 Å². The van der Waals surface area contributed by atoms with Crippen LogP contribution in [0.1, 0.15) is 24.1 Å². The van der Waals surface area contributed by atoms with E-state index in [-0.39, 0.29) is 23.8 Å². The Morgan fingerprint density at radius 2 is 2.17 bits per heavy atom. The fourth-order valence-corrected chi connectivity index (χ4v) is 3.09. The molecule has 18 heavy (non-hydrogen) atoms. The minimum Gasteiger partial charge on any atom is -0.515 e. The van der Waals surface area contributed by atoms with Gasteiger partial charge in [0.15, 0.2) is 0 Å². The number of aliphatic hydroxyl groups excluding tert-OH is 1. The Morgan fingerprint density at radius 3 is 2.83 bits per heavy atom. The van der Waals surface area contributed by atoms with E-state index in [0.29, 0.717) is 12.0 Å². The summed E-state index contributed by atoms with van der Waals surface area (Å²) in [7, 11) is 0. The largest absolute Gasteiger partial charge is 0.515 e. The number of carbonyl (C=O) groups excluding carboxylic acids is 2. The second-order valence-corrected chi connectivity index (χ2v) is 4.73. The van der Waals surface area contributed by atoms with Gasteiger partial charge >= 0.3 is 0 Å². The summed E-state index contributed by atoms with van der Waals surface area (Å²) in [6.07, 6.45) is 1.55. The lowest BCUT2D eigenvalue weighted by Crippen LogP contribution is -2.32. The standard InChI is InChI=1S/C14H13NO3/c1-8(17)15-13-10-5-3-2-4-9(10)6-11(13)12(7-16)14(15)18/h2-5,7,11,13,16H,6H2,1H3. The summed E-state index contributed by atoms with van der Waals surface area (Å²) in [6, 6.07) is 7.56. The molecule has 4 nitrogen and oxygen atoms in total. The molecule has 4 heteroatoms. The minimum absolute atomic E-state index is 0.108. The fraction of sp³-hybridized carbons (Fsp3) is 0.286. The van der Waals surface area contributed by atoms with E-state index in [0.717, 1.165) is 17.4 Å². The van der Waals surface area contributed by atoms with E-state index in [1.165, 1.54) is 11.8 Å². The van der Waals surface area contributed by atoms with Crippen LogP contribution < -0.4 is 0 Å². The Kier molecular flexibility index (Phi) is 2.26. The number of hydrogen-bond donors (Lipinski definition) is 1. The number of nitrogens with zero attached hydrogens (tertiary/aromatic N) is 1. The molecule has 1 aromatic carbocycles. The summed E-state index contributed by atoms with van der Waals surface area (Å²) in [4.78, 5) is 25.0. The predicted molar refractivity (Wildman–Crippen MR) is 64.6 cm³/mol. The Balaban J connectivity index is 2.16. The van der Waals surface area contributed by atoms with Gasteiger partial charge in [0.05, 0.1) is 17.9 Å². The third-order valence-electron chi connectivity index (χ3n) is 3.82. The molecule has 1 N–H and O–H groups in total. The number of imide groups is 1. The highest BCUT2D eigenvalue weighted by Gasteiger charge is 2.50.